The minimum Gasteiger partial charge on any atom is -0.465 e. The van der Waals surface area contributed by atoms with Gasteiger partial charge in [0, 0.05) is 6.54 Å². The summed E-state index contributed by atoms with van der Waals surface area (Å²) in [6, 6.07) is 0. The van der Waals surface area contributed by atoms with Crippen molar-refractivity contribution in [1.82, 2.24) is 5.32 Å². The van der Waals surface area contributed by atoms with Gasteiger partial charge in [-0.15, -0.1) is 0 Å². The van der Waals surface area contributed by atoms with E-state index in [2.05, 4.69) is 26.1 Å². The van der Waals surface area contributed by atoms with Gasteiger partial charge in [0.15, 0.2) is 0 Å². The second-order valence-corrected chi connectivity index (χ2v) is 6.72. The fraction of sp³-hybridized carbons (Fsp3) is 0.938. The minimum absolute atomic E-state index is 0.490. The summed E-state index contributed by atoms with van der Waals surface area (Å²) in [5, 5.41) is 10.8. The molecule has 2 N–H and O–H groups in total. The lowest BCUT2D eigenvalue weighted by Gasteiger charge is -2.17. The Morgan fingerprint density at radius 1 is 0.842 bits per heavy atom. The maximum absolute atomic E-state index is 10.2. The fourth-order valence-electron chi connectivity index (χ4n) is 2.21. The number of rotatable bonds is 11. The Balaban J connectivity index is 3.05. The van der Waals surface area contributed by atoms with E-state index in [-0.39, 0.29) is 0 Å². The number of nitrogens with one attached hydrogen (secondary N) is 1. The third-order valence-corrected chi connectivity index (χ3v) is 3.38. The lowest BCUT2D eigenvalue weighted by Crippen LogP contribution is -2.21. The first kappa shape index (κ1) is 18.3. The molecule has 0 aromatic heterocycles. The van der Waals surface area contributed by atoms with Crippen LogP contribution in [0.1, 0.15) is 85.0 Å². The first-order valence-corrected chi connectivity index (χ1v) is 7.88. The second-order valence-electron chi connectivity index (χ2n) is 6.72. The summed E-state index contributed by atoms with van der Waals surface area (Å²) in [5.41, 5.74) is 0.490. The Labute approximate surface area is 119 Å². The summed E-state index contributed by atoms with van der Waals surface area (Å²) >= 11 is 0. The molecule has 0 bridgehead atoms. The first-order valence-electron chi connectivity index (χ1n) is 7.88. The standard InChI is InChI=1S/C16H33NO2/c1-16(2,3)13-11-9-7-5-4-6-8-10-12-14-17-15(18)19/h17H,4-14H2,1-3H3,(H,18,19). The fourth-order valence-corrected chi connectivity index (χ4v) is 2.21. The van der Waals surface area contributed by atoms with E-state index in [0.29, 0.717) is 12.0 Å². The molecule has 0 aromatic rings. The Morgan fingerprint density at radius 2 is 1.26 bits per heavy atom. The van der Waals surface area contributed by atoms with Gasteiger partial charge in [-0.25, -0.2) is 4.79 Å². The SMILES string of the molecule is CC(C)(C)CCCCCCCCCCCNC(=O)O. The molecule has 0 fully saturated rings. The Morgan fingerprint density at radius 3 is 1.68 bits per heavy atom. The third-order valence-electron chi connectivity index (χ3n) is 3.38. The van der Waals surface area contributed by atoms with E-state index < -0.39 is 6.09 Å². The number of hydrogen-bond acceptors (Lipinski definition) is 1. The number of unbranched alkanes of at least 4 members (excludes halogenated alkanes) is 8. The molecule has 114 valence electrons. The van der Waals surface area contributed by atoms with Crippen molar-refractivity contribution < 1.29 is 9.90 Å². The van der Waals surface area contributed by atoms with Gasteiger partial charge in [-0.1, -0.05) is 72.1 Å². The van der Waals surface area contributed by atoms with Crippen molar-refractivity contribution in [2.75, 3.05) is 6.54 Å². The average molecular weight is 271 g/mol. The highest BCUT2D eigenvalue weighted by Crippen LogP contribution is 2.22. The van der Waals surface area contributed by atoms with Crippen LogP contribution in [0.3, 0.4) is 0 Å². The molecule has 0 radical (unpaired) electrons. The molecule has 0 aliphatic carbocycles. The molecule has 19 heavy (non-hydrogen) atoms. The molecule has 0 aromatic carbocycles. The molecule has 0 spiro atoms. The Kier molecular flexibility index (Phi) is 10.7. The van der Waals surface area contributed by atoms with E-state index in [1.165, 1.54) is 51.4 Å². The van der Waals surface area contributed by atoms with Crippen LogP contribution >= 0.6 is 0 Å². The molecule has 0 saturated heterocycles. The number of carbonyl (C=O) groups is 1. The topological polar surface area (TPSA) is 49.3 Å². The van der Waals surface area contributed by atoms with Crippen molar-refractivity contribution in [3.05, 3.63) is 0 Å². The van der Waals surface area contributed by atoms with Crippen LogP contribution in [0.15, 0.2) is 0 Å². The monoisotopic (exact) mass is 271 g/mol. The normalized spacial score (nSPS) is 11.5. The second kappa shape index (κ2) is 11.1. The summed E-state index contributed by atoms with van der Waals surface area (Å²) in [6.45, 7) is 7.53. The molecule has 0 heterocycles. The lowest BCUT2D eigenvalue weighted by atomic mass is 9.89. The van der Waals surface area contributed by atoms with Crippen molar-refractivity contribution in [1.29, 1.82) is 0 Å². The van der Waals surface area contributed by atoms with Crippen LogP contribution in [0.2, 0.25) is 0 Å². The number of hydrogen-bond donors (Lipinski definition) is 2. The summed E-state index contributed by atoms with van der Waals surface area (Å²) < 4.78 is 0. The third kappa shape index (κ3) is 17.3. The zero-order valence-corrected chi connectivity index (χ0v) is 13.1. The molecule has 0 rings (SSSR count). The van der Waals surface area contributed by atoms with Crippen LogP contribution in [0.5, 0.6) is 0 Å². The highest BCUT2D eigenvalue weighted by Gasteiger charge is 2.08. The molecule has 0 aliphatic rings. The van der Waals surface area contributed by atoms with E-state index in [4.69, 9.17) is 5.11 Å². The zero-order chi connectivity index (χ0) is 14.6. The molecule has 3 heteroatoms. The van der Waals surface area contributed by atoms with Crippen molar-refractivity contribution >= 4 is 6.09 Å². The highest BCUT2D eigenvalue weighted by atomic mass is 16.4. The van der Waals surface area contributed by atoms with Crippen molar-refractivity contribution in [2.24, 2.45) is 5.41 Å². The zero-order valence-electron chi connectivity index (χ0n) is 13.1. The van der Waals surface area contributed by atoms with Gasteiger partial charge in [0.2, 0.25) is 0 Å². The van der Waals surface area contributed by atoms with Crippen LogP contribution in [0, 0.1) is 5.41 Å². The predicted molar refractivity (Wildman–Crippen MR) is 81.7 cm³/mol. The van der Waals surface area contributed by atoms with Crippen LogP contribution in [0.4, 0.5) is 4.79 Å². The molecule has 0 unspecified atom stereocenters. The summed E-state index contributed by atoms with van der Waals surface area (Å²) in [6.07, 6.45) is 11.9. The quantitative estimate of drug-likeness (QED) is 0.507. The Hall–Kier alpha value is -0.730. The van der Waals surface area contributed by atoms with Gasteiger partial charge in [-0.05, 0) is 18.3 Å². The van der Waals surface area contributed by atoms with E-state index in [0.717, 1.165) is 12.8 Å². The van der Waals surface area contributed by atoms with Gasteiger partial charge in [0.25, 0.3) is 0 Å². The molecule has 3 nitrogen and oxygen atoms in total. The lowest BCUT2D eigenvalue weighted by molar-refractivity contribution is 0.194. The molecule has 0 aliphatic heterocycles. The Bertz CT molecular complexity index is 221. The smallest absolute Gasteiger partial charge is 0.404 e. The van der Waals surface area contributed by atoms with E-state index in [1.807, 2.05) is 0 Å². The van der Waals surface area contributed by atoms with Crippen LogP contribution in [-0.2, 0) is 0 Å². The van der Waals surface area contributed by atoms with Crippen LogP contribution in [-0.4, -0.2) is 17.7 Å². The highest BCUT2D eigenvalue weighted by molar-refractivity contribution is 5.64. The summed E-state index contributed by atoms with van der Waals surface area (Å²) in [4.78, 5) is 10.2. The van der Waals surface area contributed by atoms with E-state index >= 15 is 0 Å². The van der Waals surface area contributed by atoms with Gasteiger partial charge < -0.3 is 10.4 Å². The van der Waals surface area contributed by atoms with Crippen LogP contribution < -0.4 is 5.32 Å². The van der Waals surface area contributed by atoms with Crippen molar-refractivity contribution in [3.63, 3.8) is 0 Å². The molecular weight excluding hydrogens is 238 g/mol. The largest absolute Gasteiger partial charge is 0.465 e. The number of amides is 1. The molecule has 1 amide bonds. The minimum atomic E-state index is -0.907. The van der Waals surface area contributed by atoms with Gasteiger partial charge in [-0.3, -0.25) is 0 Å². The average Bonchev–Trinajstić information content (AvgIpc) is 2.28. The maximum atomic E-state index is 10.2. The van der Waals surface area contributed by atoms with Gasteiger partial charge in [-0.2, -0.15) is 0 Å². The van der Waals surface area contributed by atoms with E-state index in [1.54, 1.807) is 0 Å². The maximum Gasteiger partial charge on any atom is 0.404 e. The molecule has 0 atom stereocenters. The predicted octanol–water partition coefficient (Wildman–Crippen LogP) is 5.20. The first-order chi connectivity index (χ1) is 8.92. The van der Waals surface area contributed by atoms with Gasteiger partial charge in [0.05, 0.1) is 0 Å². The molecular formula is C16H33NO2. The van der Waals surface area contributed by atoms with Crippen molar-refractivity contribution in [3.8, 4) is 0 Å². The van der Waals surface area contributed by atoms with Gasteiger partial charge >= 0.3 is 6.09 Å². The van der Waals surface area contributed by atoms with Crippen LogP contribution in [0.25, 0.3) is 0 Å². The van der Waals surface area contributed by atoms with Gasteiger partial charge in [0.1, 0.15) is 0 Å². The number of carboxylic acid groups (broad SMARTS) is 1. The van der Waals surface area contributed by atoms with Crippen molar-refractivity contribution in [2.45, 2.75) is 85.0 Å². The van der Waals surface area contributed by atoms with E-state index in [9.17, 15) is 4.79 Å². The summed E-state index contributed by atoms with van der Waals surface area (Å²) in [7, 11) is 0. The summed E-state index contributed by atoms with van der Waals surface area (Å²) in [5.74, 6) is 0. The molecule has 0 saturated carbocycles.